The molecule has 7 nitrogen and oxygen atoms in total. The molecule has 2 aromatic heterocycles. The number of carbonyl (C=O) groups excluding carboxylic acids is 1. The third-order valence-electron chi connectivity index (χ3n) is 4.49. The Hall–Kier alpha value is -2.41. The maximum absolute atomic E-state index is 12.3. The monoisotopic (exact) mass is 329 g/mol. The van der Waals surface area contributed by atoms with Crippen LogP contribution in [0.3, 0.4) is 0 Å². The number of nitrogens with zero attached hydrogens (tertiary/aromatic N) is 3. The molecule has 1 aliphatic rings. The fourth-order valence-corrected chi connectivity index (χ4v) is 3.11. The predicted molar refractivity (Wildman–Crippen MR) is 91.2 cm³/mol. The van der Waals surface area contributed by atoms with Gasteiger partial charge in [-0.25, -0.2) is 9.97 Å². The van der Waals surface area contributed by atoms with Crippen molar-refractivity contribution in [3.8, 4) is 0 Å². The van der Waals surface area contributed by atoms with Crippen LogP contribution in [0, 0.1) is 13.8 Å². The average Bonchev–Trinajstić information content (AvgIpc) is 3.18. The molecule has 1 aliphatic heterocycles. The first-order valence-corrected chi connectivity index (χ1v) is 8.08. The second kappa shape index (κ2) is 7.00. The summed E-state index contributed by atoms with van der Waals surface area (Å²) in [6.45, 7) is 5.17. The van der Waals surface area contributed by atoms with Crippen LogP contribution >= 0.6 is 0 Å². The summed E-state index contributed by atoms with van der Waals surface area (Å²) in [4.78, 5) is 26.0. The zero-order valence-electron chi connectivity index (χ0n) is 14.2. The first-order chi connectivity index (χ1) is 11.6. The van der Waals surface area contributed by atoms with Gasteiger partial charge in [-0.2, -0.15) is 0 Å². The van der Waals surface area contributed by atoms with Crippen molar-refractivity contribution in [3.05, 3.63) is 41.6 Å². The molecule has 0 radical (unpaired) electrons. The van der Waals surface area contributed by atoms with Gasteiger partial charge >= 0.3 is 0 Å². The summed E-state index contributed by atoms with van der Waals surface area (Å²) < 4.78 is 5.52. The van der Waals surface area contributed by atoms with Crippen molar-refractivity contribution in [1.82, 2.24) is 20.3 Å². The molecular weight excluding hydrogens is 306 g/mol. The van der Waals surface area contributed by atoms with Crippen LogP contribution in [-0.2, 0) is 4.74 Å². The highest BCUT2D eigenvalue weighted by atomic mass is 16.5. The molecule has 7 heteroatoms. The number of rotatable bonds is 5. The lowest BCUT2D eigenvalue weighted by Crippen LogP contribution is -2.40. The molecule has 1 fully saturated rings. The molecule has 1 amide bonds. The average molecular weight is 329 g/mol. The number of aromatic nitrogens is 3. The number of aromatic amines is 1. The van der Waals surface area contributed by atoms with Crippen molar-refractivity contribution < 1.29 is 9.53 Å². The van der Waals surface area contributed by atoms with Crippen LogP contribution in [0.2, 0.25) is 0 Å². The van der Waals surface area contributed by atoms with E-state index in [9.17, 15) is 4.79 Å². The van der Waals surface area contributed by atoms with E-state index in [-0.39, 0.29) is 18.1 Å². The maximum atomic E-state index is 12.3. The lowest BCUT2D eigenvalue weighted by Gasteiger charge is -2.25. The van der Waals surface area contributed by atoms with Gasteiger partial charge in [0.05, 0.1) is 17.7 Å². The van der Waals surface area contributed by atoms with Crippen LogP contribution in [0.25, 0.3) is 0 Å². The standard InChI is InChI=1S/C17H23N5O2/c1-11-6-18-8-15(11)17(23)19-7-13-5-14(24-3)9-22(13)16-4-12(2)20-10-21-16/h4,6,8,10,13-14,18H,5,7,9H2,1-3H3,(H,19,23)/t13-,14-/m0/s1. The summed E-state index contributed by atoms with van der Waals surface area (Å²) in [5.41, 5.74) is 2.55. The minimum absolute atomic E-state index is 0.0616. The molecule has 2 N–H and O–H groups in total. The summed E-state index contributed by atoms with van der Waals surface area (Å²) in [5.74, 6) is 0.813. The zero-order valence-corrected chi connectivity index (χ0v) is 14.2. The molecule has 2 aromatic rings. The van der Waals surface area contributed by atoms with Crippen LogP contribution in [-0.4, -0.2) is 53.2 Å². The molecule has 3 rings (SSSR count). The Bertz CT molecular complexity index is 715. The van der Waals surface area contributed by atoms with Crippen molar-refractivity contribution in [2.75, 3.05) is 25.1 Å². The van der Waals surface area contributed by atoms with E-state index < -0.39 is 0 Å². The fourth-order valence-electron chi connectivity index (χ4n) is 3.11. The van der Waals surface area contributed by atoms with E-state index in [0.717, 1.165) is 30.0 Å². The van der Waals surface area contributed by atoms with Gasteiger partial charge in [-0.1, -0.05) is 0 Å². The van der Waals surface area contributed by atoms with E-state index in [2.05, 4.69) is 25.2 Å². The lowest BCUT2D eigenvalue weighted by molar-refractivity contribution is 0.0946. The number of methoxy groups -OCH3 is 1. The van der Waals surface area contributed by atoms with Gasteiger partial charge in [0.15, 0.2) is 0 Å². The number of hydrogen-bond acceptors (Lipinski definition) is 5. The largest absolute Gasteiger partial charge is 0.380 e. The Balaban J connectivity index is 1.70. The number of ether oxygens (including phenoxy) is 1. The molecule has 0 unspecified atom stereocenters. The van der Waals surface area contributed by atoms with Crippen molar-refractivity contribution in [3.63, 3.8) is 0 Å². The van der Waals surface area contributed by atoms with Crippen molar-refractivity contribution in [2.24, 2.45) is 0 Å². The minimum atomic E-state index is -0.0616. The third kappa shape index (κ3) is 3.41. The van der Waals surface area contributed by atoms with Gasteiger partial charge in [-0.3, -0.25) is 4.79 Å². The normalized spacial score (nSPS) is 20.4. The van der Waals surface area contributed by atoms with Crippen LogP contribution < -0.4 is 10.2 Å². The van der Waals surface area contributed by atoms with Crippen LogP contribution in [0.4, 0.5) is 5.82 Å². The summed E-state index contributed by atoms with van der Waals surface area (Å²) in [5, 5.41) is 3.03. The first kappa shape index (κ1) is 16.4. The number of hydrogen-bond donors (Lipinski definition) is 2. The molecule has 1 saturated heterocycles. The molecule has 0 spiro atoms. The molecule has 0 aromatic carbocycles. The molecule has 0 saturated carbocycles. The Morgan fingerprint density at radius 2 is 2.25 bits per heavy atom. The van der Waals surface area contributed by atoms with E-state index in [0.29, 0.717) is 12.1 Å². The maximum Gasteiger partial charge on any atom is 0.253 e. The van der Waals surface area contributed by atoms with E-state index in [1.54, 1.807) is 19.6 Å². The predicted octanol–water partition coefficient (Wildman–Crippen LogP) is 1.45. The summed E-state index contributed by atoms with van der Waals surface area (Å²) in [6.07, 6.45) is 6.11. The highest BCUT2D eigenvalue weighted by Gasteiger charge is 2.33. The number of carbonyl (C=O) groups is 1. The van der Waals surface area contributed by atoms with E-state index in [1.165, 1.54) is 0 Å². The van der Waals surface area contributed by atoms with Crippen molar-refractivity contribution >= 4 is 11.7 Å². The van der Waals surface area contributed by atoms with Crippen LogP contribution in [0.5, 0.6) is 0 Å². The van der Waals surface area contributed by atoms with Gasteiger partial charge in [0.25, 0.3) is 5.91 Å². The van der Waals surface area contributed by atoms with Crippen LogP contribution in [0.1, 0.15) is 28.0 Å². The second-order valence-corrected chi connectivity index (χ2v) is 6.18. The Morgan fingerprint density at radius 1 is 1.42 bits per heavy atom. The van der Waals surface area contributed by atoms with Gasteiger partial charge in [-0.15, -0.1) is 0 Å². The first-order valence-electron chi connectivity index (χ1n) is 8.08. The van der Waals surface area contributed by atoms with Gasteiger partial charge in [-0.05, 0) is 25.8 Å². The van der Waals surface area contributed by atoms with Crippen molar-refractivity contribution in [1.29, 1.82) is 0 Å². The third-order valence-corrected chi connectivity index (χ3v) is 4.49. The van der Waals surface area contributed by atoms with Crippen molar-refractivity contribution in [2.45, 2.75) is 32.4 Å². The Morgan fingerprint density at radius 3 is 2.92 bits per heavy atom. The quantitative estimate of drug-likeness (QED) is 0.867. The highest BCUT2D eigenvalue weighted by molar-refractivity contribution is 5.95. The molecule has 128 valence electrons. The van der Waals surface area contributed by atoms with Gasteiger partial charge < -0.3 is 19.9 Å². The summed E-state index contributed by atoms with van der Waals surface area (Å²) >= 11 is 0. The number of aryl methyl sites for hydroxylation is 2. The topological polar surface area (TPSA) is 83.1 Å². The fraction of sp³-hybridized carbons (Fsp3) is 0.471. The van der Waals surface area contributed by atoms with E-state index >= 15 is 0 Å². The molecule has 0 bridgehead atoms. The van der Waals surface area contributed by atoms with Gasteiger partial charge in [0, 0.05) is 44.4 Å². The number of nitrogens with one attached hydrogen (secondary N) is 2. The SMILES string of the molecule is CO[C@H]1C[C@@H](CNC(=O)c2c[nH]cc2C)N(c2cc(C)ncn2)C1. The molecule has 24 heavy (non-hydrogen) atoms. The molecule has 3 heterocycles. The summed E-state index contributed by atoms with van der Waals surface area (Å²) in [7, 11) is 1.72. The Kier molecular flexibility index (Phi) is 4.80. The van der Waals surface area contributed by atoms with E-state index in [1.807, 2.05) is 26.1 Å². The number of anilines is 1. The smallest absolute Gasteiger partial charge is 0.253 e. The van der Waals surface area contributed by atoms with Crippen LogP contribution in [0.15, 0.2) is 24.8 Å². The molecule has 2 atom stereocenters. The lowest BCUT2D eigenvalue weighted by atomic mass is 10.1. The molecular formula is C17H23N5O2. The highest BCUT2D eigenvalue weighted by Crippen LogP contribution is 2.25. The minimum Gasteiger partial charge on any atom is -0.380 e. The van der Waals surface area contributed by atoms with Gasteiger partial charge in [0.1, 0.15) is 12.1 Å². The molecule has 0 aliphatic carbocycles. The number of amides is 1. The van der Waals surface area contributed by atoms with Gasteiger partial charge in [0.2, 0.25) is 0 Å². The second-order valence-electron chi connectivity index (χ2n) is 6.18. The summed E-state index contributed by atoms with van der Waals surface area (Å²) in [6, 6.07) is 2.11. The Labute approximate surface area is 141 Å². The van der Waals surface area contributed by atoms with E-state index in [4.69, 9.17) is 4.74 Å². The number of H-pyrrole nitrogens is 1. The zero-order chi connectivity index (χ0) is 17.1.